The molecule has 2 rings (SSSR count). The summed E-state index contributed by atoms with van der Waals surface area (Å²) in [6.45, 7) is 1.38. The van der Waals surface area contributed by atoms with E-state index in [1.165, 1.54) is 12.1 Å². The molecule has 0 saturated carbocycles. The number of carboxylic acids is 2. The van der Waals surface area contributed by atoms with Crippen LogP contribution in [0.25, 0.3) is 11.0 Å². The monoisotopic (exact) mass is 375 g/mol. The molecule has 0 saturated heterocycles. The number of rotatable bonds is 9. The average Bonchev–Trinajstić information content (AvgIpc) is 2.61. The van der Waals surface area contributed by atoms with Crippen molar-refractivity contribution in [3.8, 4) is 5.75 Å². The van der Waals surface area contributed by atoms with Gasteiger partial charge in [-0.2, -0.15) is 0 Å². The molecule has 1 heterocycles. The van der Waals surface area contributed by atoms with Gasteiger partial charge in [-0.3, -0.25) is 4.79 Å². The lowest BCUT2D eigenvalue weighted by Gasteiger charge is -2.20. The van der Waals surface area contributed by atoms with E-state index in [2.05, 4.69) is 5.32 Å². The first kappa shape index (κ1) is 20.0. The Labute approximate surface area is 153 Å². The first-order valence-corrected chi connectivity index (χ1v) is 8.19. The largest absolute Gasteiger partial charge is 0.550 e. The van der Waals surface area contributed by atoms with Crippen LogP contribution < -0.4 is 25.9 Å². The highest BCUT2D eigenvalue weighted by molar-refractivity contribution is 5.84. The summed E-state index contributed by atoms with van der Waals surface area (Å²) in [5.74, 6) is -3.57. The van der Waals surface area contributed by atoms with E-state index in [4.69, 9.17) is 9.15 Å². The SMILES string of the molecule is CCc1cc(=O)oc2cc(OCC(=O)N[C@@H](CCC(=O)[O-])C(=O)[O-])ccc12. The number of fused-ring (bicyclic) bond motifs is 1. The van der Waals surface area contributed by atoms with Gasteiger partial charge in [0.25, 0.3) is 5.91 Å². The van der Waals surface area contributed by atoms with Crippen LogP contribution in [0.4, 0.5) is 0 Å². The summed E-state index contributed by atoms with van der Waals surface area (Å²) < 4.78 is 10.4. The van der Waals surface area contributed by atoms with Gasteiger partial charge in [-0.25, -0.2) is 4.79 Å². The first-order chi connectivity index (χ1) is 12.8. The van der Waals surface area contributed by atoms with E-state index < -0.39 is 42.5 Å². The maximum Gasteiger partial charge on any atom is 0.336 e. The molecule has 1 N–H and O–H groups in total. The zero-order valence-electron chi connectivity index (χ0n) is 14.5. The van der Waals surface area contributed by atoms with Crippen molar-refractivity contribution < 1.29 is 33.8 Å². The molecule has 0 unspecified atom stereocenters. The second kappa shape index (κ2) is 8.84. The second-order valence-electron chi connectivity index (χ2n) is 5.74. The third kappa shape index (κ3) is 5.56. The third-order valence-electron chi connectivity index (χ3n) is 3.81. The van der Waals surface area contributed by atoms with Crippen molar-refractivity contribution in [1.29, 1.82) is 0 Å². The van der Waals surface area contributed by atoms with Crippen LogP contribution in [-0.4, -0.2) is 30.5 Å². The fourth-order valence-electron chi connectivity index (χ4n) is 2.49. The normalized spacial score (nSPS) is 11.7. The van der Waals surface area contributed by atoms with Gasteiger partial charge >= 0.3 is 5.63 Å². The van der Waals surface area contributed by atoms with Crippen molar-refractivity contribution in [2.45, 2.75) is 32.2 Å². The minimum absolute atomic E-state index is 0.244. The molecule has 1 aromatic heterocycles. The molecule has 0 radical (unpaired) electrons. The van der Waals surface area contributed by atoms with Crippen LogP contribution in [0.15, 0.2) is 33.5 Å². The number of carboxylic acid groups (broad SMARTS) is 2. The van der Waals surface area contributed by atoms with Gasteiger partial charge < -0.3 is 34.3 Å². The van der Waals surface area contributed by atoms with Crippen molar-refractivity contribution in [3.63, 3.8) is 0 Å². The van der Waals surface area contributed by atoms with Crippen LogP contribution in [0, 0.1) is 0 Å². The van der Waals surface area contributed by atoms with E-state index in [0.717, 1.165) is 10.9 Å². The Morgan fingerprint density at radius 3 is 2.59 bits per heavy atom. The van der Waals surface area contributed by atoms with E-state index in [1.807, 2.05) is 6.92 Å². The topological polar surface area (TPSA) is 149 Å². The lowest BCUT2D eigenvalue weighted by molar-refractivity contribution is -0.310. The Morgan fingerprint density at radius 1 is 1.22 bits per heavy atom. The van der Waals surface area contributed by atoms with E-state index in [1.54, 1.807) is 12.1 Å². The summed E-state index contributed by atoms with van der Waals surface area (Å²) in [4.78, 5) is 44.7. The molecule has 0 aliphatic heterocycles. The average molecular weight is 375 g/mol. The van der Waals surface area contributed by atoms with Crippen molar-refractivity contribution in [2.24, 2.45) is 0 Å². The molecule has 1 atom stereocenters. The number of amides is 1. The summed E-state index contributed by atoms with van der Waals surface area (Å²) in [5.41, 5.74) is 0.619. The minimum Gasteiger partial charge on any atom is -0.550 e. The lowest BCUT2D eigenvalue weighted by Crippen LogP contribution is -2.49. The number of hydrogen-bond acceptors (Lipinski definition) is 8. The summed E-state index contributed by atoms with van der Waals surface area (Å²) >= 11 is 0. The fraction of sp³-hybridized carbons (Fsp3) is 0.333. The van der Waals surface area contributed by atoms with Crippen LogP contribution >= 0.6 is 0 Å². The number of hydrogen-bond donors (Lipinski definition) is 1. The van der Waals surface area contributed by atoms with Crippen LogP contribution in [0.2, 0.25) is 0 Å². The van der Waals surface area contributed by atoms with Gasteiger partial charge in [0.2, 0.25) is 0 Å². The molecule has 144 valence electrons. The van der Waals surface area contributed by atoms with E-state index in [9.17, 15) is 29.4 Å². The minimum atomic E-state index is -1.61. The highest BCUT2D eigenvalue weighted by Gasteiger charge is 2.14. The van der Waals surface area contributed by atoms with Gasteiger partial charge in [0.15, 0.2) is 6.61 Å². The smallest absolute Gasteiger partial charge is 0.336 e. The first-order valence-electron chi connectivity index (χ1n) is 8.19. The zero-order valence-corrected chi connectivity index (χ0v) is 14.5. The molecule has 0 fully saturated rings. The predicted octanol–water partition coefficient (Wildman–Crippen LogP) is -1.50. The molecule has 0 aliphatic carbocycles. The molecule has 2 aromatic rings. The number of aryl methyl sites for hydroxylation is 1. The second-order valence-corrected chi connectivity index (χ2v) is 5.74. The van der Waals surface area contributed by atoms with Gasteiger partial charge in [-0.05, 0) is 37.0 Å². The number of ether oxygens (including phenoxy) is 1. The molecule has 0 bridgehead atoms. The van der Waals surface area contributed by atoms with E-state index >= 15 is 0 Å². The maximum absolute atomic E-state index is 11.8. The fourth-order valence-corrected chi connectivity index (χ4v) is 2.49. The van der Waals surface area contributed by atoms with Gasteiger partial charge in [0, 0.05) is 23.5 Å². The Bertz CT molecular complexity index is 917. The van der Waals surface area contributed by atoms with Gasteiger partial charge in [0.05, 0.1) is 12.0 Å². The molecule has 1 aromatic carbocycles. The van der Waals surface area contributed by atoms with Crippen molar-refractivity contribution in [3.05, 3.63) is 40.2 Å². The number of benzene rings is 1. The molecular weight excluding hydrogens is 358 g/mol. The molecule has 0 spiro atoms. The zero-order chi connectivity index (χ0) is 20.0. The van der Waals surface area contributed by atoms with E-state index in [0.29, 0.717) is 12.0 Å². The predicted molar refractivity (Wildman–Crippen MR) is 88.5 cm³/mol. The van der Waals surface area contributed by atoms with Crippen LogP contribution in [-0.2, 0) is 20.8 Å². The quantitative estimate of drug-likeness (QED) is 0.520. The molecular formula is C18H17NO8-2. The van der Waals surface area contributed by atoms with Crippen LogP contribution in [0.1, 0.15) is 25.3 Å². The highest BCUT2D eigenvalue weighted by Crippen LogP contribution is 2.23. The van der Waals surface area contributed by atoms with Crippen LogP contribution in [0.3, 0.4) is 0 Å². The summed E-state index contributed by atoms with van der Waals surface area (Å²) in [5, 5.41) is 24.2. The van der Waals surface area contributed by atoms with Gasteiger partial charge in [0.1, 0.15) is 11.3 Å². The van der Waals surface area contributed by atoms with Crippen molar-refractivity contribution in [1.82, 2.24) is 5.32 Å². The number of nitrogens with one attached hydrogen (secondary N) is 1. The molecule has 27 heavy (non-hydrogen) atoms. The molecule has 9 nitrogen and oxygen atoms in total. The maximum atomic E-state index is 11.8. The summed E-state index contributed by atoms with van der Waals surface area (Å²) in [7, 11) is 0. The van der Waals surface area contributed by atoms with Crippen molar-refractivity contribution >= 4 is 28.8 Å². The molecule has 0 aliphatic rings. The van der Waals surface area contributed by atoms with Crippen molar-refractivity contribution in [2.75, 3.05) is 6.61 Å². The molecule has 9 heteroatoms. The van der Waals surface area contributed by atoms with Gasteiger partial charge in [-0.1, -0.05) is 6.92 Å². The number of carbonyl (C=O) groups is 3. The molecule has 1 amide bonds. The Balaban J connectivity index is 2.02. The highest BCUT2D eigenvalue weighted by atomic mass is 16.5. The number of aliphatic carboxylic acids is 2. The summed E-state index contributed by atoms with van der Waals surface area (Å²) in [6.07, 6.45) is -0.262. The third-order valence-corrected chi connectivity index (χ3v) is 3.81. The van der Waals surface area contributed by atoms with Crippen LogP contribution in [0.5, 0.6) is 5.75 Å². The van der Waals surface area contributed by atoms with E-state index in [-0.39, 0.29) is 12.2 Å². The Morgan fingerprint density at radius 2 is 1.96 bits per heavy atom. The number of carbonyl (C=O) groups excluding carboxylic acids is 3. The Hall–Kier alpha value is -3.36. The standard InChI is InChI=1S/C18H19NO8/c1-2-10-7-17(23)27-14-8-11(3-4-12(10)14)26-9-15(20)19-13(18(24)25)5-6-16(21)22/h3-4,7-8,13H,2,5-6,9H2,1H3,(H,19,20)(H,21,22)(H,24,25)/p-2/t13-/m0/s1. The lowest BCUT2D eigenvalue weighted by atomic mass is 10.1. The van der Waals surface area contributed by atoms with Gasteiger partial charge in [-0.15, -0.1) is 0 Å². The Kier molecular flexibility index (Phi) is 6.53. The summed E-state index contributed by atoms with van der Waals surface area (Å²) in [6, 6.07) is 4.66.